The second kappa shape index (κ2) is 9.68. The molecule has 1 saturated heterocycles. The minimum Gasteiger partial charge on any atom is -0.314 e. The first kappa shape index (κ1) is 20.7. The molecule has 0 bridgehead atoms. The van der Waals surface area contributed by atoms with E-state index in [2.05, 4.69) is 56.1 Å². The summed E-state index contributed by atoms with van der Waals surface area (Å²) in [5, 5.41) is 3.46. The molecule has 1 aliphatic heterocycles. The van der Waals surface area contributed by atoms with Gasteiger partial charge in [-0.25, -0.2) is 0 Å². The van der Waals surface area contributed by atoms with E-state index in [1.165, 1.54) is 36.2 Å². The monoisotopic (exact) mass is 332 g/mol. The van der Waals surface area contributed by atoms with Crippen molar-refractivity contribution in [2.24, 2.45) is 5.92 Å². The first-order valence-electron chi connectivity index (χ1n) is 7.60. The van der Waals surface area contributed by atoms with Gasteiger partial charge in [0.1, 0.15) is 0 Å². The van der Waals surface area contributed by atoms with Crippen LogP contribution in [-0.4, -0.2) is 31.1 Å². The van der Waals surface area contributed by atoms with E-state index in [1.54, 1.807) is 0 Å². The van der Waals surface area contributed by atoms with Crippen LogP contribution in [0.25, 0.3) is 0 Å². The highest BCUT2D eigenvalue weighted by Gasteiger charge is 2.24. The van der Waals surface area contributed by atoms with E-state index >= 15 is 0 Å². The molecule has 1 atom stereocenters. The third-order valence-electron chi connectivity index (χ3n) is 4.08. The van der Waals surface area contributed by atoms with Gasteiger partial charge in [0.05, 0.1) is 0 Å². The second-order valence-electron chi connectivity index (χ2n) is 6.29. The van der Waals surface area contributed by atoms with Crippen LogP contribution in [0, 0.1) is 19.8 Å². The Labute approximate surface area is 142 Å². The van der Waals surface area contributed by atoms with Gasteiger partial charge < -0.3 is 5.32 Å². The third-order valence-corrected chi connectivity index (χ3v) is 4.08. The molecular formula is C17H30Cl2N2. The Balaban J connectivity index is 0.00000200. The Morgan fingerprint density at radius 3 is 2.29 bits per heavy atom. The Bertz CT molecular complexity index is 415. The van der Waals surface area contributed by atoms with Gasteiger partial charge in [0.15, 0.2) is 0 Å². The van der Waals surface area contributed by atoms with Crippen LogP contribution in [0.15, 0.2) is 18.2 Å². The maximum Gasteiger partial charge on any atom is 0.0354 e. The van der Waals surface area contributed by atoms with Crippen molar-refractivity contribution in [2.75, 3.05) is 26.2 Å². The van der Waals surface area contributed by atoms with Gasteiger partial charge in [-0.2, -0.15) is 0 Å². The van der Waals surface area contributed by atoms with Gasteiger partial charge in [-0.05, 0) is 37.3 Å². The van der Waals surface area contributed by atoms with E-state index in [-0.39, 0.29) is 24.8 Å². The number of nitrogens with zero attached hydrogens (tertiary/aromatic N) is 1. The molecule has 2 rings (SSSR count). The summed E-state index contributed by atoms with van der Waals surface area (Å²) in [7, 11) is 0. The van der Waals surface area contributed by atoms with E-state index in [0.717, 1.165) is 19.0 Å². The molecule has 1 fully saturated rings. The summed E-state index contributed by atoms with van der Waals surface area (Å²) in [6, 6.07) is 7.48. The number of halogens is 2. The minimum absolute atomic E-state index is 0. The fourth-order valence-electron chi connectivity index (χ4n) is 3.03. The first-order valence-corrected chi connectivity index (χ1v) is 7.60. The van der Waals surface area contributed by atoms with Crippen molar-refractivity contribution in [3.63, 3.8) is 0 Å². The van der Waals surface area contributed by atoms with Gasteiger partial charge in [0, 0.05) is 32.2 Å². The average Bonchev–Trinajstić information content (AvgIpc) is 2.40. The zero-order valence-corrected chi connectivity index (χ0v) is 15.3. The van der Waals surface area contributed by atoms with Gasteiger partial charge in [-0.15, -0.1) is 24.8 Å². The number of hydrogen-bond acceptors (Lipinski definition) is 2. The molecule has 0 aromatic heterocycles. The van der Waals surface area contributed by atoms with E-state index < -0.39 is 0 Å². The summed E-state index contributed by atoms with van der Waals surface area (Å²) in [5.41, 5.74) is 4.36. The van der Waals surface area contributed by atoms with Crippen molar-refractivity contribution >= 4 is 24.8 Å². The standard InChI is InChI=1S/C17H28N2.2ClH/c1-13(2)11-17(19-9-7-18-8-10-19)16-12-14(3)5-6-15(16)4;;/h5-6,12-13,17-18H,7-11H2,1-4H3;2*1H/t17-;;/m0../s1. The number of rotatable bonds is 4. The Morgan fingerprint density at radius 1 is 1.10 bits per heavy atom. The Kier molecular flexibility index (Phi) is 9.55. The summed E-state index contributed by atoms with van der Waals surface area (Å²) in [6.45, 7) is 13.7. The molecule has 0 saturated carbocycles. The Hall–Kier alpha value is -0.280. The molecule has 1 aromatic carbocycles. The lowest BCUT2D eigenvalue weighted by molar-refractivity contribution is 0.153. The largest absolute Gasteiger partial charge is 0.314 e. The number of aryl methyl sites for hydroxylation is 2. The fraction of sp³-hybridized carbons (Fsp3) is 0.647. The molecule has 122 valence electrons. The van der Waals surface area contributed by atoms with Crippen molar-refractivity contribution in [2.45, 2.75) is 40.2 Å². The highest BCUT2D eigenvalue weighted by Crippen LogP contribution is 2.30. The lowest BCUT2D eigenvalue weighted by Crippen LogP contribution is -2.45. The third kappa shape index (κ3) is 5.78. The predicted molar refractivity (Wildman–Crippen MR) is 97.1 cm³/mol. The molecular weight excluding hydrogens is 303 g/mol. The zero-order chi connectivity index (χ0) is 13.8. The maximum atomic E-state index is 3.46. The molecule has 1 aromatic rings. The number of piperazine rings is 1. The zero-order valence-electron chi connectivity index (χ0n) is 13.7. The van der Waals surface area contributed by atoms with Crippen molar-refractivity contribution in [1.82, 2.24) is 10.2 Å². The van der Waals surface area contributed by atoms with Crippen LogP contribution < -0.4 is 5.32 Å². The van der Waals surface area contributed by atoms with Gasteiger partial charge in [-0.3, -0.25) is 4.90 Å². The van der Waals surface area contributed by atoms with Crippen molar-refractivity contribution in [3.05, 3.63) is 34.9 Å². The van der Waals surface area contributed by atoms with Gasteiger partial charge in [-0.1, -0.05) is 37.6 Å². The SMILES string of the molecule is Cc1ccc(C)c([C@H](CC(C)C)N2CCNCC2)c1.Cl.Cl. The van der Waals surface area contributed by atoms with Crippen LogP contribution in [0.4, 0.5) is 0 Å². The van der Waals surface area contributed by atoms with E-state index in [0.29, 0.717) is 6.04 Å². The first-order chi connectivity index (χ1) is 9.08. The summed E-state index contributed by atoms with van der Waals surface area (Å²) < 4.78 is 0. The molecule has 0 aliphatic carbocycles. The molecule has 0 spiro atoms. The molecule has 1 N–H and O–H groups in total. The summed E-state index contributed by atoms with van der Waals surface area (Å²) in [6.07, 6.45) is 1.25. The van der Waals surface area contributed by atoms with Crippen molar-refractivity contribution in [3.8, 4) is 0 Å². The lowest BCUT2D eigenvalue weighted by Gasteiger charge is -2.37. The average molecular weight is 333 g/mol. The fourth-order valence-corrected chi connectivity index (χ4v) is 3.03. The highest BCUT2D eigenvalue weighted by molar-refractivity contribution is 5.85. The van der Waals surface area contributed by atoms with Crippen LogP contribution in [0.2, 0.25) is 0 Å². The van der Waals surface area contributed by atoms with E-state index in [1.807, 2.05) is 0 Å². The molecule has 0 amide bonds. The molecule has 1 aliphatic rings. The normalized spacial score (nSPS) is 17.0. The summed E-state index contributed by atoms with van der Waals surface area (Å²) in [4.78, 5) is 2.66. The number of nitrogens with one attached hydrogen (secondary N) is 1. The molecule has 1 heterocycles. The molecule has 0 radical (unpaired) electrons. The minimum atomic E-state index is 0. The van der Waals surface area contributed by atoms with Crippen LogP contribution in [0.5, 0.6) is 0 Å². The molecule has 0 unspecified atom stereocenters. The maximum absolute atomic E-state index is 3.46. The van der Waals surface area contributed by atoms with Gasteiger partial charge in [0.2, 0.25) is 0 Å². The van der Waals surface area contributed by atoms with Crippen LogP contribution in [-0.2, 0) is 0 Å². The predicted octanol–water partition coefficient (Wildman–Crippen LogP) is 4.14. The van der Waals surface area contributed by atoms with Crippen molar-refractivity contribution < 1.29 is 0 Å². The smallest absolute Gasteiger partial charge is 0.0354 e. The van der Waals surface area contributed by atoms with Crippen LogP contribution in [0.3, 0.4) is 0 Å². The number of benzene rings is 1. The van der Waals surface area contributed by atoms with Crippen LogP contribution in [0.1, 0.15) is 43.0 Å². The number of hydrogen-bond donors (Lipinski definition) is 1. The molecule has 4 heteroatoms. The van der Waals surface area contributed by atoms with Crippen LogP contribution >= 0.6 is 24.8 Å². The lowest BCUT2D eigenvalue weighted by atomic mass is 9.91. The van der Waals surface area contributed by atoms with E-state index in [9.17, 15) is 0 Å². The van der Waals surface area contributed by atoms with E-state index in [4.69, 9.17) is 0 Å². The highest BCUT2D eigenvalue weighted by atomic mass is 35.5. The van der Waals surface area contributed by atoms with Gasteiger partial charge in [0.25, 0.3) is 0 Å². The quantitative estimate of drug-likeness (QED) is 0.891. The summed E-state index contributed by atoms with van der Waals surface area (Å²) >= 11 is 0. The Morgan fingerprint density at radius 2 is 1.71 bits per heavy atom. The topological polar surface area (TPSA) is 15.3 Å². The summed E-state index contributed by atoms with van der Waals surface area (Å²) in [5.74, 6) is 0.736. The van der Waals surface area contributed by atoms with Crippen molar-refractivity contribution in [1.29, 1.82) is 0 Å². The second-order valence-corrected chi connectivity index (χ2v) is 6.29. The van der Waals surface area contributed by atoms with Gasteiger partial charge >= 0.3 is 0 Å². The molecule has 21 heavy (non-hydrogen) atoms. The molecule has 2 nitrogen and oxygen atoms in total.